The normalized spacial score (nSPS) is 10.5. The summed E-state index contributed by atoms with van der Waals surface area (Å²) in [4.78, 5) is 1.43. The van der Waals surface area contributed by atoms with Gasteiger partial charge in [-0.1, -0.05) is 12.1 Å². The minimum absolute atomic E-state index is 0.780. The lowest BCUT2D eigenvalue weighted by Gasteiger charge is -2.10. The van der Waals surface area contributed by atoms with Crippen molar-refractivity contribution < 1.29 is 9.47 Å². The van der Waals surface area contributed by atoms with Gasteiger partial charge in [-0.2, -0.15) is 0 Å². The topological polar surface area (TPSA) is 30.5 Å². The first-order valence-corrected chi connectivity index (χ1v) is 7.65. The molecule has 0 radical (unpaired) electrons. The van der Waals surface area contributed by atoms with E-state index in [2.05, 4.69) is 28.9 Å². The lowest BCUT2D eigenvalue weighted by molar-refractivity contribution is 0.354. The minimum atomic E-state index is 0.780. The quantitative estimate of drug-likeness (QED) is 0.758. The highest BCUT2D eigenvalue weighted by atomic mass is 32.1. The van der Waals surface area contributed by atoms with E-state index in [1.165, 1.54) is 10.4 Å². The van der Waals surface area contributed by atoms with Gasteiger partial charge >= 0.3 is 0 Å². The van der Waals surface area contributed by atoms with Gasteiger partial charge in [-0.15, -0.1) is 11.3 Å². The summed E-state index contributed by atoms with van der Waals surface area (Å²) >= 11 is 1.82. The van der Waals surface area contributed by atoms with Crippen LogP contribution in [-0.2, 0) is 12.8 Å². The SMILES string of the molecule is COc1ccc(CCNCCc2cccs2)cc1OC. The number of methoxy groups -OCH3 is 2. The molecular formula is C16H21NO2S. The smallest absolute Gasteiger partial charge is 0.160 e. The third kappa shape index (κ3) is 4.25. The molecule has 108 valence electrons. The zero-order valence-electron chi connectivity index (χ0n) is 12.0. The summed E-state index contributed by atoms with van der Waals surface area (Å²) < 4.78 is 10.5. The lowest BCUT2D eigenvalue weighted by atomic mass is 10.1. The first-order chi connectivity index (χ1) is 9.83. The number of ether oxygens (including phenoxy) is 2. The van der Waals surface area contributed by atoms with Crippen LogP contribution in [0.4, 0.5) is 0 Å². The van der Waals surface area contributed by atoms with Crippen molar-refractivity contribution in [3.8, 4) is 11.5 Å². The summed E-state index contributed by atoms with van der Waals surface area (Å²) in [5, 5.41) is 5.60. The van der Waals surface area contributed by atoms with Crippen molar-refractivity contribution in [2.75, 3.05) is 27.3 Å². The van der Waals surface area contributed by atoms with Crippen molar-refractivity contribution in [3.05, 3.63) is 46.2 Å². The minimum Gasteiger partial charge on any atom is -0.493 e. The Hall–Kier alpha value is -1.52. The van der Waals surface area contributed by atoms with Crippen molar-refractivity contribution >= 4 is 11.3 Å². The van der Waals surface area contributed by atoms with E-state index >= 15 is 0 Å². The number of rotatable bonds is 8. The van der Waals surface area contributed by atoms with Crippen LogP contribution in [0.2, 0.25) is 0 Å². The molecule has 1 N–H and O–H groups in total. The van der Waals surface area contributed by atoms with Gasteiger partial charge in [0.05, 0.1) is 14.2 Å². The fourth-order valence-electron chi connectivity index (χ4n) is 2.06. The molecular weight excluding hydrogens is 270 g/mol. The van der Waals surface area contributed by atoms with Crippen molar-refractivity contribution in [3.63, 3.8) is 0 Å². The second-order valence-electron chi connectivity index (χ2n) is 4.52. The molecule has 0 spiro atoms. The molecule has 1 aromatic heterocycles. The van der Waals surface area contributed by atoms with E-state index < -0.39 is 0 Å². The van der Waals surface area contributed by atoms with Crippen LogP contribution in [0.25, 0.3) is 0 Å². The Bertz CT molecular complexity index is 511. The molecule has 0 fully saturated rings. The number of hydrogen-bond donors (Lipinski definition) is 1. The van der Waals surface area contributed by atoms with Gasteiger partial charge in [0.15, 0.2) is 11.5 Å². The van der Waals surface area contributed by atoms with E-state index in [-0.39, 0.29) is 0 Å². The van der Waals surface area contributed by atoms with E-state index in [1.54, 1.807) is 14.2 Å². The van der Waals surface area contributed by atoms with Gasteiger partial charge in [0.1, 0.15) is 0 Å². The molecule has 0 saturated heterocycles. The van der Waals surface area contributed by atoms with Crippen molar-refractivity contribution in [1.29, 1.82) is 0 Å². The molecule has 1 aromatic carbocycles. The molecule has 0 aliphatic rings. The molecule has 0 saturated carbocycles. The maximum absolute atomic E-state index is 5.31. The Morgan fingerprint density at radius 3 is 2.50 bits per heavy atom. The van der Waals surface area contributed by atoms with Gasteiger partial charge in [-0.3, -0.25) is 0 Å². The molecule has 0 aliphatic heterocycles. The molecule has 0 aliphatic carbocycles. The van der Waals surface area contributed by atoms with E-state index in [0.29, 0.717) is 0 Å². The van der Waals surface area contributed by atoms with Gasteiger partial charge in [-0.25, -0.2) is 0 Å². The summed E-state index contributed by atoms with van der Waals surface area (Å²) in [5.74, 6) is 1.57. The summed E-state index contributed by atoms with van der Waals surface area (Å²) in [5.41, 5.74) is 1.26. The van der Waals surface area contributed by atoms with Crippen molar-refractivity contribution in [2.24, 2.45) is 0 Å². The Balaban J connectivity index is 1.73. The van der Waals surface area contributed by atoms with Crippen molar-refractivity contribution in [1.82, 2.24) is 5.32 Å². The Morgan fingerprint density at radius 1 is 1.00 bits per heavy atom. The van der Waals surface area contributed by atoms with Gasteiger partial charge in [0.2, 0.25) is 0 Å². The van der Waals surface area contributed by atoms with Gasteiger partial charge in [0, 0.05) is 4.88 Å². The second-order valence-corrected chi connectivity index (χ2v) is 5.55. The molecule has 0 atom stereocenters. The Labute approximate surface area is 124 Å². The van der Waals surface area contributed by atoms with E-state index in [9.17, 15) is 0 Å². The van der Waals surface area contributed by atoms with Crippen LogP contribution in [0, 0.1) is 0 Å². The summed E-state index contributed by atoms with van der Waals surface area (Å²) in [6, 6.07) is 10.4. The first-order valence-electron chi connectivity index (χ1n) is 6.77. The Morgan fingerprint density at radius 2 is 1.80 bits per heavy atom. The van der Waals surface area contributed by atoms with Crippen LogP contribution in [0.5, 0.6) is 11.5 Å². The molecule has 0 unspecified atom stereocenters. The number of benzene rings is 1. The van der Waals surface area contributed by atoms with Crippen LogP contribution in [-0.4, -0.2) is 27.3 Å². The fraction of sp³-hybridized carbons (Fsp3) is 0.375. The third-order valence-electron chi connectivity index (χ3n) is 3.17. The monoisotopic (exact) mass is 291 g/mol. The Kier molecular flexibility index (Phi) is 5.89. The fourth-order valence-corrected chi connectivity index (χ4v) is 2.77. The average Bonchev–Trinajstić information content (AvgIpc) is 3.00. The number of hydrogen-bond acceptors (Lipinski definition) is 4. The molecule has 20 heavy (non-hydrogen) atoms. The number of nitrogens with one attached hydrogen (secondary N) is 1. The summed E-state index contributed by atoms with van der Waals surface area (Å²) in [6.07, 6.45) is 2.09. The zero-order valence-corrected chi connectivity index (χ0v) is 12.8. The van der Waals surface area contributed by atoms with Gasteiger partial charge in [0.25, 0.3) is 0 Å². The average molecular weight is 291 g/mol. The maximum atomic E-state index is 5.31. The van der Waals surface area contributed by atoms with E-state index in [4.69, 9.17) is 9.47 Å². The van der Waals surface area contributed by atoms with Crippen LogP contribution in [0.3, 0.4) is 0 Å². The number of thiophene rings is 1. The second kappa shape index (κ2) is 7.92. The van der Waals surface area contributed by atoms with Gasteiger partial charge < -0.3 is 14.8 Å². The highest BCUT2D eigenvalue weighted by Crippen LogP contribution is 2.27. The summed E-state index contributed by atoms with van der Waals surface area (Å²) in [6.45, 7) is 1.99. The third-order valence-corrected chi connectivity index (χ3v) is 4.10. The molecule has 2 aromatic rings. The highest BCUT2D eigenvalue weighted by molar-refractivity contribution is 7.09. The van der Waals surface area contributed by atoms with Crippen LogP contribution < -0.4 is 14.8 Å². The maximum Gasteiger partial charge on any atom is 0.160 e. The predicted molar refractivity (Wildman–Crippen MR) is 84.1 cm³/mol. The first kappa shape index (κ1) is 14.9. The van der Waals surface area contributed by atoms with E-state index in [0.717, 1.165) is 37.4 Å². The van der Waals surface area contributed by atoms with Crippen LogP contribution >= 0.6 is 11.3 Å². The zero-order chi connectivity index (χ0) is 14.2. The summed E-state index contributed by atoms with van der Waals surface area (Å²) in [7, 11) is 3.32. The molecule has 3 nitrogen and oxygen atoms in total. The van der Waals surface area contributed by atoms with Crippen molar-refractivity contribution in [2.45, 2.75) is 12.8 Å². The highest BCUT2D eigenvalue weighted by Gasteiger charge is 2.04. The largest absolute Gasteiger partial charge is 0.493 e. The van der Waals surface area contributed by atoms with Crippen LogP contribution in [0.15, 0.2) is 35.7 Å². The predicted octanol–water partition coefficient (Wildman–Crippen LogP) is 3.14. The standard InChI is InChI=1S/C16H21NO2S/c1-18-15-6-5-13(12-16(15)19-2)7-9-17-10-8-14-4-3-11-20-14/h3-6,11-12,17H,7-10H2,1-2H3. The van der Waals surface area contributed by atoms with Gasteiger partial charge in [-0.05, 0) is 55.1 Å². The molecule has 1 heterocycles. The van der Waals surface area contributed by atoms with E-state index in [1.807, 2.05) is 23.5 Å². The lowest BCUT2D eigenvalue weighted by Crippen LogP contribution is -2.19. The molecule has 2 rings (SSSR count). The molecule has 4 heteroatoms. The molecule has 0 amide bonds. The van der Waals surface area contributed by atoms with Crippen LogP contribution in [0.1, 0.15) is 10.4 Å². The molecule has 0 bridgehead atoms.